The van der Waals surface area contributed by atoms with E-state index in [-0.39, 0.29) is 5.91 Å². The standard InChI is InChI=1S/C19H20N2O2/c1-13(2)16-7-9-18(10-8-16)23-14(3)19(22)21-17-6-4-5-15(11-17)12-20/h4-11,13-14H,1-3H3,(H,21,22)/t14-/m1/s1. The Morgan fingerprint density at radius 1 is 1.13 bits per heavy atom. The Labute approximate surface area is 136 Å². The second-order valence-corrected chi connectivity index (χ2v) is 5.67. The van der Waals surface area contributed by atoms with Crippen molar-refractivity contribution in [1.29, 1.82) is 5.26 Å². The second kappa shape index (κ2) is 7.46. The first kappa shape index (κ1) is 16.6. The predicted molar refractivity (Wildman–Crippen MR) is 90.4 cm³/mol. The summed E-state index contributed by atoms with van der Waals surface area (Å²) in [7, 11) is 0. The minimum absolute atomic E-state index is 0.256. The maximum atomic E-state index is 12.2. The number of carbonyl (C=O) groups is 1. The minimum atomic E-state index is -0.634. The molecule has 0 aliphatic rings. The molecule has 118 valence electrons. The molecule has 0 heterocycles. The number of hydrogen-bond acceptors (Lipinski definition) is 3. The Kier molecular flexibility index (Phi) is 5.37. The normalized spacial score (nSPS) is 11.6. The molecule has 4 heteroatoms. The summed E-state index contributed by atoms with van der Waals surface area (Å²) in [5.41, 5.74) is 2.31. The van der Waals surface area contributed by atoms with E-state index in [4.69, 9.17) is 10.00 Å². The summed E-state index contributed by atoms with van der Waals surface area (Å²) in [5.74, 6) is 0.855. The Hall–Kier alpha value is -2.80. The van der Waals surface area contributed by atoms with Gasteiger partial charge in [0, 0.05) is 5.69 Å². The number of nitrogens with one attached hydrogen (secondary N) is 1. The van der Waals surface area contributed by atoms with Crippen LogP contribution in [-0.4, -0.2) is 12.0 Å². The third kappa shape index (κ3) is 4.58. The third-order valence-electron chi connectivity index (χ3n) is 3.49. The number of nitriles is 1. The van der Waals surface area contributed by atoms with Crippen LogP contribution in [0.2, 0.25) is 0 Å². The van der Waals surface area contributed by atoms with Crippen LogP contribution < -0.4 is 10.1 Å². The second-order valence-electron chi connectivity index (χ2n) is 5.67. The van der Waals surface area contributed by atoms with Crippen LogP contribution in [0.4, 0.5) is 5.69 Å². The van der Waals surface area contributed by atoms with Crippen LogP contribution in [-0.2, 0) is 4.79 Å². The first-order chi connectivity index (χ1) is 11.0. The first-order valence-electron chi connectivity index (χ1n) is 7.57. The third-order valence-corrected chi connectivity index (χ3v) is 3.49. The van der Waals surface area contributed by atoms with Crippen LogP contribution in [0.15, 0.2) is 48.5 Å². The smallest absolute Gasteiger partial charge is 0.265 e. The van der Waals surface area contributed by atoms with Gasteiger partial charge in [0.25, 0.3) is 5.91 Å². The van der Waals surface area contributed by atoms with Crippen molar-refractivity contribution in [1.82, 2.24) is 0 Å². The van der Waals surface area contributed by atoms with E-state index in [1.807, 2.05) is 30.3 Å². The zero-order valence-corrected chi connectivity index (χ0v) is 13.5. The van der Waals surface area contributed by atoms with Gasteiger partial charge >= 0.3 is 0 Å². The molecule has 1 amide bonds. The van der Waals surface area contributed by atoms with Gasteiger partial charge in [0.1, 0.15) is 5.75 Å². The fourth-order valence-electron chi connectivity index (χ4n) is 2.10. The van der Waals surface area contributed by atoms with Crippen molar-refractivity contribution in [2.75, 3.05) is 5.32 Å². The molecule has 0 unspecified atom stereocenters. The molecule has 4 nitrogen and oxygen atoms in total. The van der Waals surface area contributed by atoms with Crippen molar-refractivity contribution in [2.45, 2.75) is 32.8 Å². The van der Waals surface area contributed by atoms with Gasteiger partial charge in [-0.15, -0.1) is 0 Å². The van der Waals surface area contributed by atoms with E-state index in [9.17, 15) is 4.79 Å². The van der Waals surface area contributed by atoms with Crippen molar-refractivity contribution >= 4 is 11.6 Å². The monoisotopic (exact) mass is 308 g/mol. The van der Waals surface area contributed by atoms with Crippen LogP contribution in [0.1, 0.15) is 37.8 Å². The lowest BCUT2D eigenvalue weighted by atomic mass is 10.0. The maximum absolute atomic E-state index is 12.2. The highest BCUT2D eigenvalue weighted by Crippen LogP contribution is 2.20. The van der Waals surface area contributed by atoms with Gasteiger partial charge in [0.05, 0.1) is 11.6 Å². The molecule has 0 saturated carbocycles. The lowest BCUT2D eigenvalue weighted by Gasteiger charge is -2.15. The molecule has 2 aromatic carbocycles. The number of nitrogens with zero attached hydrogens (tertiary/aromatic N) is 1. The summed E-state index contributed by atoms with van der Waals surface area (Å²) >= 11 is 0. The summed E-state index contributed by atoms with van der Waals surface area (Å²) in [5, 5.41) is 11.6. The summed E-state index contributed by atoms with van der Waals surface area (Å²) in [4.78, 5) is 12.2. The molecule has 0 bridgehead atoms. The molecule has 0 spiro atoms. The van der Waals surface area contributed by atoms with Gasteiger partial charge < -0.3 is 10.1 Å². The van der Waals surface area contributed by atoms with Crippen molar-refractivity contribution < 1.29 is 9.53 Å². The van der Waals surface area contributed by atoms with E-state index in [1.165, 1.54) is 5.56 Å². The van der Waals surface area contributed by atoms with Gasteiger partial charge in [-0.05, 0) is 48.7 Å². The summed E-state index contributed by atoms with van der Waals surface area (Å²) in [6.07, 6.45) is -0.634. The molecule has 1 atom stereocenters. The van der Waals surface area contributed by atoms with Crippen LogP contribution in [0, 0.1) is 11.3 Å². The lowest BCUT2D eigenvalue weighted by molar-refractivity contribution is -0.122. The number of anilines is 1. The van der Waals surface area contributed by atoms with Crippen molar-refractivity contribution in [3.05, 3.63) is 59.7 Å². The van der Waals surface area contributed by atoms with Crippen LogP contribution in [0.25, 0.3) is 0 Å². The quantitative estimate of drug-likeness (QED) is 0.905. The molecule has 1 N–H and O–H groups in total. The van der Waals surface area contributed by atoms with E-state index >= 15 is 0 Å². The highest BCUT2D eigenvalue weighted by molar-refractivity contribution is 5.94. The zero-order valence-electron chi connectivity index (χ0n) is 13.5. The van der Waals surface area contributed by atoms with E-state index in [2.05, 4.69) is 19.2 Å². The molecular weight excluding hydrogens is 288 g/mol. The summed E-state index contributed by atoms with van der Waals surface area (Å²) < 4.78 is 5.66. The first-order valence-corrected chi connectivity index (χ1v) is 7.57. The number of amides is 1. The number of carbonyl (C=O) groups excluding carboxylic acids is 1. The zero-order chi connectivity index (χ0) is 16.8. The van der Waals surface area contributed by atoms with E-state index in [1.54, 1.807) is 31.2 Å². The maximum Gasteiger partial charge on any atom is 0.265 e. The predicted octanol–water partition coefficient (Wildman–Crippen LogP) is 4.09. The Morgan fingerprint density at radius 3 is 2.43 bits per heavy atom. The number of benzene rings is 2. The van der Waals surface area contributed by atoms with Gasteiger partial charge in [0.2, 0.25) is 0 Å². The molecule has 0 aliphatic heterocycles. The molecule has 2 aromatic rings. The van der Waals surface area contributed by atoms with Crippen molar-refractivity contribution in [2.24, 2.45) is 0 Å². The highest BCUT2D eigenvalue weighted by atomic mass is 16.5. The molecular formula is C19H20N2O2. The van der Waals surface area contributed by atoms with E-state index < -0.39 is 6.10 Å². The molecule has 2 rings (SSSR count). The SMILES string of the molecule is CC(C)c1ccc(O[C@H](C)C(=O)Nc2cccc(C#N)c2)cc1. The number of rotatable bonds is 5. The van der Waals surface area contributed by atoms with Gasteiger partial charge in [-0.25, -0.2) is 0 Å². The Morgan fingerprint density at radius 2 is 1.83 bits per heavy atom. The average molecular weight is 308 g/mol. The van der Waals surface area contributed by atoms with Crippen LogP contribution in [0.3, 0.4) is 0 Å². The summed E-state index contributed by atoms with van der Waals surface area (Å²) in [6, 6.07) is 16.6. The summed E-state index contributed by atoms with van der Waals surface area (Å²) in [6.45, 7) is 5.95. The molecule has 0 saturated heterocycles. The average Bonchev–Trinajstić information content (AvgIpc) is 2.55. The van der Waals surface area contributed by atoms with Gasteiger partial charge in [-0.3, -0.25) is 4.79 Å². The number of hydrogen-bond donors (Lipinski definition) is 1. The largest absolute Gasteiger partial charge is 0.481 e. The van der Waals surface area contributed by atoms with Gasteiger partial charge in [0.15, 0.2) is 6.10 Å². The van der Waals surface area contributed by atoms with Gasteiger partial charge in [-0.1, -0.05) is 32.0 Å². The molecule has 0 aliphatic carbocycles. The van der Waals surface area contributed by atoms with Gasteiger partial charge in [-0.2, -0.15) is 5.26 Å². The number of ether oxygens (including phenoxy) is 1. The van der Waals surface area contributed by atoms with Crippen LogP contribution in [0.5, 0.6) is 5.75 Å². The van der Waals surface area contributed by atoms with Crippen molar-refractivity contribution in [3.8, 4) is 11.8 Å². The fourth-order valence-corrected chi connectivity index (χ4v) is 2.10. The van der Waals surface area contributed by atoms with E-state index in [0.717, 1.165) is 0 Å². The highest BCUT2D eigenvalue weighted by Gasteiger charge is 2.15. The lowest BCUT2D eigenvalue weighted by Crippen LogP contribution is -2.30. The Bertz CT molecular complexity index is 715. The minimum Gasteiger partial charge on any atom is -0.481 e. The topological polar surface area (TPSA) is 62.1 Å². The fraction of sp³-hybridized carbons (Fsp3) is 0.263. The molecule has 0 fully saturated rings. The molecule has 0 aromatic heterocycles. The molecule has 23 heavy (non-hydrogen) atoms. The molecule has 0 radical (unpaired) electrons. The van der Waals surface area contributed by atoms with E-state index in [0.29, 0.717) is 22.9 Å². The van der Waals surface area contributed by atoms with Crippen molar-refractivity contribution in [3.63, 3.8) is 0 Å². The van der Waals surface area contributed by atoms with Crippen LogP contribution >= 0.6 is 0 Å². The Balaban J connectivity index is 1.98.